The van der Waals surface area contributed by atoms with Gasteiger partial charge in [0.25, 0.3) is 0 Å². The zero-order valence-corrected chi connectivity index (χ0v) is 13.3. The standard InChI is InChI=1S/C12H16N2O6S2/c1-8(12(15)16)13-21(17,18)10-4-2-3-5-11(10)22(19,20)14-9-6-7-9/h2-5,8-9,13-14H,6-7H2,1H3,(H,15,16). The van der Waals surface area contributed by atoms with Crippen LogP contribution in [0.3, 0.4) is 0 Å². The van der Waals surface area contributed by atoms with Crippen LogP contribution in [0.4, 0.5) is 0 Å². The summed E-state index contributed by atoms with van der Waals surface area (Å²) in [6, 6.07) is 3.52. The second kappa shape index (κ2) is 5.95. The number of carboxylic acids is 1. The third-order valence-corrected chi connectivity index (χ3v) is 6.34. The van der Waals surface area contributed by atoms with Crippen LogP contribution < -0.4 is 9.44 Å². The maximum Gasteiger partial charge on any atom is 0.321 e. The van der Waals surface area contributed by atoms with Crippen molar-refractivity contribution in [2.24, 2.45) is 0 Å². The molecular formula is C12H16N2O6S2. The summed E-state index contributed by atoms with van der Waals surface area (Å²) >= 11 is 0. The lowest BCUT2D eigenvalue weighted by atomic mass is 10.4. The molecule has 1 fully saturated rings. The smallest absolute Gasteiger partial charge is 0.321 e. The minimum absolute atomic E-state index is 0.174. The lowest BCUT2D eigenvalue weighted by Crippen LogP contribution is -2.39. The molecule has 0 radical (unpaired) electrons. The summed E-state index contributed by atoms with van der Waals surface area (Å²) in [6.07, 6.45) is 1.42. The number of hydrogen-bond donors (Lipinski definition) is 3. The third kappa shape index (κ3) is 3.83. The summed E-state index contributed by atoms with van der Waals surface area (Å²) in [5, 5.41) is 8.79. The average Bonchev–Trinajstić information content (AvgIpc) is 3.21. The highest BCUT2D eigenvalue weighted by atomic mass is 32.2. The summed E-state index contributed by atoms with van der Waals surface area (Å²) in [4.78, 5) is 9.91. The van der Waals surface area contributed by atoms with Crippen LogP contribution in [0.15, 0.2) is 34.1 Å². The fraction of sp³-hybridized carbons (Fsp3) is 0.417. The van der Waals surface area contributed by atoms with Crippen LogP contribution >= 0.6 is 0 Å². The Labute approximate surface area is 128 Å². The quantitative estimate of drug-likeness (QED) is 0.630. The Morgan fingerprint density at radius 2 is 1.64 bits per heavy atom. The van der Waals surface area contributed by atoms with E-state index in [4.69, 9.17) is 5.11 Å². The summed E-state index contributed by atoms with van der Waals surface area (Å²) in [7, 11) is -8.27. The second-order valence-corrected chi connectivity index (χ2v) is 8.39. The van der Waals surface area contributed by atoms with Crippen molar-refractivity contribution < 1.29 is 26.7 Å². The highest BCUT2D eigenvalue weighted by Gasteiger charge is 2.32. The first-order valence-electron chi connectivity index (χ1n) is 6.50. The van der Waals surface area contributed by atoms with Gasteiger partial charge < -0.3 is 5.11 Å². The minimum Gasteiger partial charge on any atom is -0.480 e. The van der Waals surface area contributed by atoms with Crippen LogP contribution in [0, 0.1) is 0 Å². The summed E-state index contributed by atoms with van der Waals surface area (Å²) in [6.45, 7) is 1.15. The Bertz CT molecular complexity index is 784. The number of carbonyl (C=O) groups is 1. The van der Waals surface area contributed by atoms with Crippen molar-refractivity contribution in [3.8, 4) is 0 Å². The van der Waals surface area contributed by atoms with Crippen LogP contribution in [0.1, 0.15) is 19.8 Å². The molecule has 122 valence electrons. The van der Waals surface area contributed by atoms with Gasteiger partial charge in [-0.2, -0.15) is 4.72 Å². The number of carboxylic acid groups (broad SMARTS) is 1. The van der Waals surface area contributed by atoms with E-state index < -0.39 is 41.8 Å². The van der Waals surface area contributed by atoms with E-state index in [9.17, 15) is 21.6 Å². The van der Waals surface area contributed by atoms with Gasteiger partial charge in [-0.25, -0.2) is 21.6 Å². The molecule has 1 aliphatic carbocycles. The molecule has 8 nitrogen and oxygen atoms in total. The molecule has 0 saturated heterocycles. The van der Waals surface area contributed by atoms with Gasteiger partial charge >= 0.3 is 5.97 Å². The normalized spacial score (nSPS) is 17.1. The fourth-order valence-electron chi connectivity index (χ4n) is 1.72. The SMILES string of the molecule is CC(NS(=O)(=O)c1ccccc1S(=O)(=O)NC1CC1)C(=O)O. The van der Waals surface area contributed by atoms with Crippen LogP contribution in [0.5, 0.6) is 0 Å². The Hall–Kier alpha value is -1.49. The number of sulfonamides is 2. The number of aliphatic carboxylic acids is 1. The highest BCUT2D eigenvalue weighted by molar-refractivity contribution is 7.92. The third-order valence-electron chi connectivity index (χ3n) is 3.03. The zero-order valence-electron chi connectivity index (χ0n) is 11.7. The van der Waals surface area contributed by atoms with Crippen molar-refractivity contribution in [2.45, 2.75) is 41.6 Å². The molecule has 0 amide bonds. The van der Waals surface area contributed by atoms with Crippen molar-refractivity contribution in [3.63, 3.8) is 0 Å². The lowest BCUT2D eigenvalue weighted by Gasteiger charge is -2.14. The first kappa shape index (κ1) is 16.9. The molecular weight excluding hydrogens is 332 g/mol. The predicted molar refractivity (Wildman–Crippen MR) is 77.2 cm³/mol. The molecule has 22 heavy (non-hydrogen) atoms. The summed E-state index contributed by atoms with van der Waals surface area (Å²) in [5.41, 5.74) is 0. The molecule has 1 atom stereocenters. The Morgan fingerprint density at radius 3 is 2.09 bits per heavy atom. The molecule has 3 N–H and O–H groups in total. The molecule has 10 heteroatoms. The topological polar surface area (TPSA) is 130 Å². The second-order valence-electron chi connectivity index (χ2n) is 5.02. The van der Waals surface area contributed by atoms with E-state index in [2.05, 4.69) is 4.72 Å². The van der Waals surface area contributed by atoms with Gasteiger partial charge in [-0.3, -0.25) is 4.79 Å². The molecule has 0 bridgehead atoms. The number of hydrogen-bond acceptors (Lipinski definition) is 5. The summed E-state index contributed by atoms with van der Waals surface area (Å²) < 4.78 is 53.3. The van der Waals surface area contributed by atoms with E-state index in [0.717, 1.165) is 13.0 Å². The van der Waals surface area contributed by atoms with E-state index in [1.165, 1.54) is 18.2 Å². The van der Waals surface area contributed by atoms with Crippen LogP contribution in [-0.4, -0.2) is 40.0 Å². The maximum absolute atomic E-state index is 12.3. The van der Waals surface area contributed by atoms with Crippen molar-refractivity contribution in [3.05, 3.63) is 24.3 Å². The van der Waals surface area contributed by atoms with E-state index in [1.807, 2.05) is 4.72 Å². The number of benzene rings is 1. The summed E-state index contributed by atoms with van der Waals surface area (Å²) in [5.74, 6) is -1.36. The maximum atomic E-state index is 12.3. The van der Waals surface area contributed by atoms with Gasteiger partial charge in [0, 0.05) is 6.04 Å². The van der Waals surface area contributed by atoms with Gasteiger partial charge in [0.1, 0.15) is 15.8 Å². The molecule has 1 saturated carbocycles. The monoisotopic (exact) mass is 348 g/mol. The predicted octanol–water partition coefficient (Wildman–Crippen LogP) is -0.121. The first-order valence-corrected chi connectivity index (χ1v) is 9.46. The van der Waals surface area contributed by atoms with Gasteiger partial charge in [0.05, 0.1) is 0 Å². The zero-order chi connectivity index (χ0) is 16.5. The largest absolute Gasteiger partial charge is 0.480 e. The van der Waals surface area contributed by atoms with Crippen LogP contribution in [0.2, 0.25) is 0 Å². The Balaban J connectivity index is 2.41. The average molecular weight is 348 g/mol. The molecule has 1 aromatic carbocycles. The molecule has 0 aromatic heterocycles. The molecule has 0 heterocycles. The molecule has 0 spiro atoms. The van der Waals surface area contributed by atoms with Crippen molar-refractivity contribution in [2.75, 3.05) is 0 Å². The van der Waals surface area contributed by atoms with E-state index in [1.54, 1.807) is 0 Å². The van der Waals surface area contributed by atoms with Gasteiger partial charge in [0.15, 0.2) is 0 Å². The number of rotatable bonds is 7. The van der Waals surface area contributed by atoms with E-state index in [0.29, 0.717) is 12.8 Å². The fourth-order valence-corrected chi connectivity index (χ4v) is 5.06. The van der Waals surface area contributed by atoms with Crippen LogP contribution in [0.25, 0.3) is 0 Å². The number of nitrogens with one attached hydrogen (secondary N) is 2. The lowest BCUT2D eigenvalue weighted by molar-refractivity contribution is -0.138. The van der Waals surface area contributed by atoms with Gasteiger partial charge in [0.2, 0.25) is 20.0 Å². The molecule has 2 rings (SSSR count). The molecule has 1 unspecified atom stereocenters. The van der Waals surface area contributed by atoms with Crippen LogP contribution in [-0.2, 0) is 24.8 Å². The van der Waals surface area contributed by atoms with E-state index >= 15 is 0 Å². The van der Waals surface area contributed by atoms with Crippen molar-refractivity contribution in [1.82, 2.24) is 9.44 Å². The Morgan fingerprint density at radius 1 is 1.14 bits per heavy atom. The minimum atomic E-state index is -4.28. The van der Waals surface area contributed by atoms with E-state index in [-0.39, 0.29) is 6.04 Å². The van der Waals surface area contributed by atoms with Gasteiger partial charge in [-0.05, 0) is 31.9 Å². The van der Waals surface area contributed by atoms with Crippen molar-refractivity contribution >= 4 is 26.0 Å². The molecule has 1 aromatic rings. The van der Waals surface area contributed by atoms with Gasteiger partial charge in [-0.15, -0.1) is 0 Å². The molecule has 1 aliphatic rings. The highest BCUT2D eigenvalue weighted by Crippen LogP contribution is 2.25. The van der Waals surface area contributed by atoms with Gasteiger partial charge in [-0.1, -0.05) is 12.1 Å². The Kier molecular flexibility index (Phi) is 4.57. The first-order chi connectivity index (χ1) is 10.1. The van der Waals surface area contributed by atoms with Crippen molar-refractivity contribution in [1.29, 1.82) is 0 Å². The molecule has 0 aliphatic heterocycles.